The Balaban J connectivity index is 2.56. The minimum Gasteiger partial charge on any atom is -0.481 e. The Morgan fingerprint density at radius 3 is 2.63 bits per heavy atom. The van der Waals surface area contributed by atoms with Crippen LogP contribution in [0.4, 0.5) is 0 Å². The normalized spacial score (nSPS) is 10.2. The number of benzene rings is 1. The monoisotopic (exact) mass is 283 g/mol. The summed E-state index contributed by atoms with van der Waals surface area (Å²) in [5.41, 5.74) is 2.14. The highest BCUT2D eigenvalue weighted by Gasteiger charge is 2.07. The molecule has 1 aromatic rings. The second-order valence-corrected chi connectivity index (χ2v) is 4.77. The molecule has 0 aliphatic heterocycles. The van der Waals surface area contributed by atoms with Gasteiger partial charge in [-0.05, 0) is 29.7 Å². The molecule has 0 saturated carbocycles. The van der Waals surface area contributed by atoms with Gasteiger partial charge in [0.2, 0.25) is 5.91 Å². The van der Waals surface area contributed by atoms with E-state index in [0.29, 0.717) is 11.6 Å². The fraction of sp³-hybridized carbons (Fsp3) is 0.429. The van der Waals surface area contributed by atoms with Gasteiger partial charge in [0, 0.05) is 18.0 Å². The van der Waals surface area contributed by atoms with Gasteiger partial charge in [-0.2, -0.15) is 0 Å². The molecule has 1 rings (SSSR count). The molecule has 0 heterocycles. The van der Waals surface area contributed by atoms with E-state index in [4.69, 9.17) is 16.7 Å². The highest BCUT2D eigenvalue weighted by Crippen LogP contribution is 2.17. The molecule has 0 fully saturated rings. The molecule has 104 valence electrons. The summed E-state index contributed by atoms with van der Waals surface area (Å²) in [6.45, 7) is 2.49. The van der Waals surface area contributed by atoms with Crippen molar-refractivity contribution in [2.24, 2.45) is 0 Å². The van der Waals surface area contributed by atoms with Gasteiger partial charge in [0.05, 0.1) is 6.42 Å². The van der Waals surface area contributed by atoms with Crippen molar-refractivity contribution in [2.45, 2.75) is 39.2 Å². The zero-order chi connectivity index (χ0) is 14.3. The molecule has 0 spiro atoms. The van der Waals surface area contributed by atoms with E-state index in [1.807, 2.05) is 12.1 Å². The summed E-state index contributed by atoms with van der Waals surface area (Å²) in [6, 6.07) is 5.59. The van der Waals surface area contributed by atoms with E-state index >= 15 is 0 Å². The number of hydrogen-bond donors (Lipinski definition) is 2. The van der Waals surface area contributed by atoms with Gasteiger partial charge >= 0.3 is 5.97 Å². The fourth-order valence-electron chi connectivity index (χ4n) is 1.77. The van der Waals surface area contributed by atoms with Crippen molar-refractivity contribution in [1.29, 1.82) is 0 Å². The lowest BCUT2D eigenvalue weighted by Gasteiger charge is -2.10. The van der Waals surface area contributed by atoms with E-state index in [0.717, 1.165) is 24.0 Å². The quantitative estimate of drug-likeness (QED) is 0.808. The standard InChI is InChI=1S/C14H18ClNO3/c1-2-3-10-8-12(15)5-4-11(10)9-16-13(17)6-7-14(18)19/h4-5,8H,2-3,6-7,9H2,1H3,(H,16,17)(H,18,19). The van der Waals surface area contributed by atoms with Crippen molar-refractivity contribution in [1.82, 2.24) is 5.32 Å². The van der Waals surface area contributed by atoms with Crippen LogP contribution in [0.25, 0.3) is 0 Å². The van der Waals surface area contributed by atoms with Gasteiger partial charge in [-0.3, -0.25) is 9.59 Å². The van der Waals surface area contributed by atoms with E-state index in [9.17, 15) is 9.59 Å². The molecule has 0 radical (unpaired) electrons. The first kappa shape index (κ1) is 15.5. The summed E-state index contributed by atoms with van der Waals surface area (Å²) in [6.07, 6.45) is 1.77. The second-order valence-electron chi connectivity index (χ2n) is 4.33. The molecule has 0 unspecified atom stereocenters. The molecule has 0 saturated heterocycles. The van der Waals surface area contributed by atoms with Gasteiger partial charge in [0.25, 0.3) is 0 Å². The number of carbonyl (C=O) groups excluding carboxylic acids is 1. The molecular weight excluding hydrogens is 266 g/mol. The number of carboxylic acids is 1. The van der Waals surface area contributed by atoms with Gasteiger partial charge in [-0.15, -0.1) is 0 Å². The summed E-state index contributed by atoms with van der Waals surface area (Å²) in [5.74, 6) is -1.21. The number of carbonyl (C=O) groups is 2. The Labute approximate surface area is 117 Å². The van der Waals surface area contributed by atoms with Gasteiger partial charge in [0.15, 0.2) is 0 Å². The Kier molecular flexibility index (Phi) is 6.36. The van der Waals surface area contributed by atoms with Crippen molar-refractivity contribution < 1.29 is 14.7 Å². The number of hydrogen-bond acceptors (Lipinski definition) is 2. The zero-order valence-corrected chi connectivity index (χ0v) is 11.7. The third-order valence-corrected chi connectivity index (χ3v) is 2.96. The van der Waals surface area contributed by atoms with Crippen molar-refractivity contribution in [3.63, 3.8) is 0 Å². The molecular formula is C14H18ClNO3. The number of nitrogens with one attached hydrogen (secondary N) is 1. The molecule has 1 aromatic carbocycles. The van der Waals surface area contributed by atoms with Gasteiger partial charge in [0.1, 0.15) is 0 Å². The third-order valence-electron chi connectivity index (χ3n) is 2.73. The molecule has 0 aliphatic rings. The highest BCUT2D eigenvalue weighted by molar-refractivity contribution is 6.30. The summed E-state index contributed by atoms with van der Waals surface area (Å²) < 4.78 is 0. The smallest absolute Gasteiger partial charge is 0.303 e. The molecule has 0 aromatic heterocycles. The van der Waals surface area contributed by atoms with Crippen LogP contribution in [-0.4, -0.2) is 17.0 Å². The minimum absolute atomic E-state index is 0.00599. The number of rotatable bonds is 7. The number of amides is 1. The Hall–Kier alpha value is -1.55. The minimum atomic E-state index is -0.965. The molecule has 5 heteroatoms. The lowest BCUT2D eigenvalue weighted by molar-refractivity contribution is -0.138. The maximum absolute atomic E-state index is 11.5. The fourth-order valence-corrected chi connectivity index (χ4v) is 1.97. The van der Waals surface area contributed by atoms with Gasteiger partial charge in [-0.25, -0.2) is 0 Å². The number of halogens is 1. The highest BCUT2D eigenvalue weighted by atomic mass is 35.5. The Morgan fingerprint density at radius 1 is 1.26 bits per heavy atom. The average Bonchev–Trinajstić information content (AvgIpc) is 2.35. The van der Waals surface area contributed by atoms with Crippen LogP contribution in [0.1, 0.15) is 37.3 Å². The predicted molar refractivity (Wildman–Crippen MR) is 74.2 cm³/mol. The van der Waals surface area contributed by atoms with Crippen LogP contribution in [0.5, 0.6) is 0 Å². The topological polar surface area (TPSA) is 66.4 Å². The maximum Gasteiger partial charge on any atom is 0.303 e. The molecule has 0 bridgehead atoms. The Morgan fingerprint density at radius 2 is 2.00 bits per heavy atom. The van der Waals surface area contributed by atoms with Crippen LogP contribution in [0.15, 0.2) is 18.2 Å². The molecule has 0 aliphatic carbocycles. The molecule has 0 atom stereocenters. The largest absolute Gasteiger partial charge is 0.481 e. The molecule has 4 nitrogen and oxygen atoms in total. The summed E-state index contributed by atoms with van der Waals surface area (Å²) in [5, 5.41) is 11.9. The Bertz CT molecular complexity index is 460. The SMILES string of the molecule is CCCc1cc(Cl)ccc1CNC(=O)CCC(=O)O. The third kappa shape index (κ3) is 5.75. The van der Waals surface area contributed by atoms with Crippen LogP contribution in [0.3, 0.4) is 0 Å². The first-order valence-corrected chi connectivity index (χ1v) is 6.66. The average molecular weight is 284 g/mol. The van der Waals surface area contributed by atoms with Crippen molar-refractivity contribution >= 4 is 23.5 Å². The first-order valence-electron chi connectivity index (χ1n) is 6.28. The molecule has 2 N–H and O–H groups in total. The van der Waals surface area contributed by atoms with Crippen LogP contribution in [-0.2, 0) is 22.6 Å². The van der Waals surface area contributed by atoms with Crippen LogP contribution in [0.2, 0.25) is 5.02 Å². The van der Waals surface area contributed by atoms with E-state index in [1.165, 1.54) is 0 Å². The predicted octanol–water partition coefficient (Wildman–Crippen LogP) is 2.77. The van der Waals surface area contributed by atoms with E-state index in [-0.39, 0.29) is 18.7 Å². The van der Waals surface area contributed by atoms with Crippen LogP contribution >= 0.6 is 11.6 Å². The lowest BCUT2D eigenvalue weighted by atomic mass is 10.0. The first-order chi connectivity index (χ1) is 9.02. The molecule has 19 heavy (non-hydrogen) atoms. The van der Waals surface area contributed by atoms with Crippen molar-refractivity contribution in [3.05, 3.63) is 34.3 Å². The van der Waals surface area contributed by atoms with E-state index in [1.54, 1.807) is 6.07 Å². The van der Waals surface area contributed by atoms with Gasteiger partial charge < -0.3 is 10.4 Å². The zero-order valence-electron chi connectivity index (χ0n) is 10.9. The van der Waals surface area contributed by atoms with E-state index < -0.39 is 5.97 Å². The van der Waals surface area contributed by atoms with E-state index in [2.05, 4.69) is 12.2 Å². The second kappa shape index (κ2) is 7.79. The summed E-state index contributed by atoms with van der Waals surface area (Å²) in [4.78, 5) is 21.8. The van der Waals surface area contributed by atoms with Crippen molar-refractivity contribution in [2.75, 3.05) is 0 Å². The van der Waals surface area contributed by atoms with Crippen LogP contribution in [0, 0.1) is 0 Å². The van der Waals surface area contributed by atoms with Crippen LogP contribution < -0.4 is 5.32 Å². The number of aryl methyl sites for hydroxylation is 1. The maximum atomic E-state index is 11.5. The van der Waals surface area contributed by atoms with Gasteiger partial charge in [-0.1, -0.05) is 31.0 Å². The van der Waals surface area contributed by atoms with Crippen molar-refractivity contribution in [3.8, 4) is 0 Å². The number of carboxylic acid groups (broad SMARTS) is 1. The molecule has 1 amide bonds. The number of aliphatic carboxylic acids is 1. The lowest BCUT2D eigenvalue weighted by Crippen LogP contribution is -2.23. The summed E-state index contributed by atoms with van der Waals surface area (Å²) in [7, 11) is 0. The summed E-state index contributed by atoms with van der Waals surface area (Å²) >= 11 is 5.95.